The summed E-state index contributed by atoms with van der Waals surface area (Å²) in [5.41, 5.74) is 13.2. The molecule has 0 saturated heterocycles. The number of primary amides is 1. The van der Waals surface area contributed by atoms with Crippen molar-refractivity contribution in [3.63, 3.8) is 0 Å². The molecule has 0 atom stereocenters. The molecule has 0 spiro atoms. The van der Waals surface area contributed by atoms with Crippen molar-refractivity contribution in [3.05, 3.63) is 53.9 Å². The molecule has 1 aromatic heterocycles. The number of anilines is 2. The first-order chi connectivity index (χ1) is 9.08. The highest BCUT2D eigenvalue weighted by atomic mass is 32.1. The fraction of sp³-hybridized carbons (Fsp3) is 0. The lowest BCUT2D eigenvalue weighted by atomic mass is 10.2. The average molecular weight is 272 g/mol. The summed E-state index contributed by atoms with van der Waals surface area (Å²) in [4.78, 5) is 15.3. The van der Waals surface area contributed by atoms with Gasteiger partial charge in [-0.05, 0) is 36.4 Å². The third kappa shape index (κ3) is 3.05. The number of amides is 1. The number of nitrogens with two attached hydrogens (primary N) is 2. The minimum Gasteiger partial charge on any atom is -0.388 e. The quantitative estimate of drug-likeness (QED) is 0.734. The van der Waals surface area contributed by atoms with Gasteiger partial charge in [-0.15, -0.1) is 0 Å². The third-order valence-electron chi connectivity index (χ3n) is 2.49. The molecule has 0 radical (unpaired) electrons. The molecule has 96 valence electrons. The van der Waals surface area contributed by atoms with Crippen molar-refractivity contribution in [2.45, 2.75) is 0 Å². The van der Waals surface area contributed by atoms with E-state index in [1.54, 1.807) is 36.5 Å². The summed E-state index contributed by atoms with van der Waals surface area (Å²) in [7, 11) is 0. The number of nitrogens with zero attached hydrogens (tertiary/aromatic N) is 1. The van der Waals surface area contributed by atoms with Crippen molar-refractivity contribution in [3.8, 4) is 0 Å². The van der Waals surface area contributed by atoms with Crippen LogP contribution < -0.4 is 16.8 Å². The third-order valence-corrected chi connectivity index (χ3v) is 2.68. The van der Waals surface area contributed by atoms with Crippen molar-refractivity contribution >= 4 is 34.5 Å². The molecule has 0 unspecified atom stereocenters. The lowest BCUT2D eigenvalue weighted by Gasteiger charge is -2.10. The van der Waals surface area contributed by atoms with Crippen molar-refractivity contribution in [1.29, 1.82) is 0 Å². The second-order valence-electron chi connectivity index (χ2n) is 3.83. The number of pyridine rings is 1. The van der Waals surface area contributed by atoms with Gasteiger partial charge in [-0.25, -0.2) is 0 Å². The molecule has 0 bridgehead atoms. The number of carbonyl (C=O) groups excluding carboxylic acids is 1. The van der Waals surface area contributed by atoms with Crippen LogP contribution in [-0.2, 0) is 0 Å². The lowest BCUT2D eigenvalue weighted by molar-refractivity contribution is 0.100. The van der Waals surface area contributed by atoms with Crippen LogP contribution in [0.3, 0.4) is 0 Å². The summed E-state index contributed by atoms with van der Waals surface area (Å²) in [6, 6.07) is 10.4. The molecule has 0 saturated carbocycles. The number of hydrogen-bond donors (Lipinski definition) is 3. The van der Waals surface area contributed by atoms with E-state index >= 15 is 0 Å². The standard InChI is InChI=1S/C13H12N4OS/c14-12(18)8-3-5-9(6-4-8)17-10-2-1-7-16-11(10)13(15)19/h1-7,17H,(H2,14,18)(H2,15,19). The average Bonchev–Trinajstić information content (AvgIpc) is 2.39. The van der Waals surface area contributed by atoms with Crippen molar-refractivity contribution in [2.75, 3.05) is 5.32 Å². The van der Waals surface area contributed by atoms with Gasteiger partial charge in [-0.2, -0.15) is 0 Å². The number of benzene rings is 1. The van der Waals surface area contributed by atoms with Crippen LogP contribution in [0, 0.1) is 0 Å². The fourth-order valence-electron chi connectivity index (χ4n) is 1.58. The number of carbonyl (C=O) groups is 1. The van der Waals surface area contributed by atoms with Crippen molar-refractivity contribution < 1.29 is 4.79 Å². The van der Waals surface area contributed by atoms with Gasteiger partial charge in [0.1, 0.15) is 10.7 Å². The maximum absolute atomic E-state index is 11.0. The van der Waals surface area contributed by atoms with Gasteiger partial charge < -0.3 is 16.8 Å². The summed E-state index contributed by atoms with van der Waals surface area (Å²) in [5.74, 6) is -0.461. The molecule has 1 heterocycles. The molecule has 0 aliphatic carbocycles. The van der Waals surface area contributed by atoms with E-state index in [4.69, 9.17) is 23.7 Å². The smallest absolute Gasteiger partial charge is 0.248 e. The minimum absolute atomic E-state index is 0.219. The maximum Gasteiger partial charge on any atom is 0.248 e. The summed E-state index contributed by atoms with van der Waals surface area (Å²) in [5, 5.41) is 3.14. The van der Waals surface area contributed by atoms with E-state index in [2.05, 4.69) is 10.3 Å². The molecule has 0 aliphatic rings. The molecule has 5 nitrogen and oxygen atoms in total. The first kappa shape index (κ1) is 13.0. The molecule has 1 aromatic carbocycles. The van der Waals surface area contributed by atoms with Crippen LogP contribution in [0.25, 0.3) is 0 Å². The summed E-state index contributed by atoms with van der Waals surface area (Å²) >= 11 is 4.93. The van der Waals surface area contributed by atoms with E-state index in [0.717, 1.165) is 5.69 Å². The van der Waals surface area contributed by atoms with E-state index in [1.165, 1.54) is 0 Å². The molecular formula is C13H12N4OS. The Morgan fingerprint density at radius 3 is 2.42 bits per heavy atom. The van der Waals surface area contributed by atoms with Gasteiger partial charge in [0.05, 0.1) is 5.69 Å². The Kier molecular flexibility index (Phi) is 3.72. The zero-order valence-corrected chi connectivity index (χ0v) is 10.8. The van der Waals surface area contributed by atoms with Crippen LogP contribution >= 0.6 is 12.2 Å². The maximum atomic E-state index is 11.0. The van der Waals surface area contributed by atoms with Gasteiger partial charge in [0, 0.05) is 17.4 Å². The molecule has 0 fully saturated rings. The van der Waals surface area contributed by atoms with Crippen LogP contribution in [0.15, 0.2) is 42.6 Å². The topological polar surface area (TPSA) is 94.0 Å². The largest absolute Gasteiger partial charge is 0.388 e. The molecule has 6 heteroatoms. The van der Waals surface area contributed by atoms with Crippen LogP contribution in [0.1, 0.15) is 16.1 Å². The molecule has 0 aliphatic heterocycles. The summed E-state index contributed by atoms with van der Waals surface area (Å²) in [6.07, 6.45) is 1.62. The van der Waals surface area contributed by atoms with E-state index in [9.17, 15) is 4.79 Å². The lowest BCUT2D eigenvalue weighted by Crippen LogP contribution is -2.14. The second kappa shape index (κ2) is 5.45. The van der Waals surface area contributed by atoms with Crippen molar-refractivity contribution in [2.24, 2.45) is 11.5 Å². The van der Waals surface area contributed by atoms with E-state index in [-0.39, 0.29) is 4.99 Å². The first-order valence-electron chi connectivity index (χ1n) is 5.49. The van der Waals surface area contributed by atoms with Gasteiger partial charge in [0.15, 0.2) is 0 Å². The summed E-state index contributed by atoms with van der Waals surface area (Å²) < 4.78 is 0. The van der Waals surface area contributed by atoms with Gasteiger partial charge in [-0.3, -0.25) is 9.78 Å². The molecule has 2 rings (SSSR count). The Bertz CT molecular complexity index is 625. The highest BCUT2D eigenvalue weighted by Gasteiger charge is 2.06. The predicted molar refractivity (Wildman–Crippen MR) is 78.4 cm³/mol. The fourth-order valence-corrected chi connectivity index (χ4v) is 1.74. The molecule has 5 N–H and O–H groups in total. The molecule has 19 heavy (non-hydrogen) atoms. The second-order valence-corrected chi connectivity index (χ2v) is 4.27. The number of rotatable bonds is 4. The van der Waals surface area contributed by atoms with Gasteiger partial charge in [-0.1, -0.05) is 12.2 Å². The SMILES string of the molecule is NC(=O)c1ccc(Nc2cccnc2C(N)=S)cc1. The highest BCUT2D eigenvalue weighted by Crippen LogP contribution is 2.19. The van der Waals surface area contributed by atoms with E-state index in [0.29, 0.717) is 16.9 Å². The van der Waals surface area contributed by atoms with Crippen LogP contribution in [0.4, 0.5) is 11.4 Å². The Morgan fingerprint density at radius 1 is 1.16 bits per heavy atom. The molecule has 1 amide bonds. The Hall–Kier alpha value is -2.47. The predicted octanol–water partition coefficient (Wildman–Crippen LogP) is 1.56. The van der Waals surface area contributed by atoms with Crippen LogP contribution in [0.5, 0.6) is 0 Å². The number of thiocarbonyl (C=S) groups is 1. The Balaban J connectivity index is 2.26. The number of hydrogen-bond acceptors (Lipinski definition) is 4. The Labute approximate surface area is 115 Å². The molecule has 2 aromatic rings. The minimum atomic E-state index is -0.461. The van der Waals surface area contributed by atoms with Crippen LogP contribution in [0.2, 0.25) is 0 Å². The van der Waals surface area contributed by atoms with Gasteiger partial charge in [0.25, 0.3) is 0 Å². The molecular weight excluding hydrogens is 260 g/mol. The van der Waals surface area contributed by atoms with Gasteiger partial charge >= 0.3 is 0 Å². The summed E-state index contributed by atoms with van der Waals surface area (Å²) in [6.45, 7) is 0. The van der Waals surface area contributed by atoms with E-state index < -0.39 is 5.91 Å². The van der Waals surface area contributed by atoms with Crippen LogP contribution in [-0.4, -0.2) is 15.9 Å². The Morgan fingerprint density at radius 2 is 1.84 bits per heavy atom. The van der Waals surface area contributed by atoms with E-state index in [1.807, 2.05) is 6.07 Å². The number of aromatic nitrogens is 1. The van der Waals surface area contributed by atoms with Gasteiger partial charge in [0.2, 0.25) is 5.91 Å². The van der Waals surface area contributed by atoms with Crippen molar-refractivity contribution in [1.82, 2.24) is 4.98 Å². The monoisotopic (exact) mass is 272 g/mol. The highest BCUT2D eigenvalue weighted by molar-refractivity contribution is 7.80. The zero-order valence-electron chi connectivity index (χ0n) is 9.96. The first-order valence-corrected chi connectivity index (χ1v) is 5.90. The number of nitrogens with one attached hydrogen (secondary N) is 1. The normalized spacial score (nSPS) is 9.89. The zero-order chi connectivity index (χ0) is 13.8.